The fourth-order valence-corrected chi connectivity index (χ4v) is 3.34. The van der Waals surface area contributed by atoms with Gasteiger partial charge in [0.2, 0.25) is 0 Å². The van der Waals surface area contributed by atoms with E-state index in [1.54, 1.807) is 0 Å². The van der Waals surface area contributed by atoms with E-state index in [0.29, 0.717) is 11.7 Å². The van der Waals surface area contributed by atoms with Crippen LogP contribution in [0.3, 0.4) is 0 Å². The molecule has 2 nitrogen and oxygen atoms in total. The Bertz CT molecular complexity index is 407. The zero-order valence-electron chi connectivity index (χ0n) is 10.7. The molecule has 0 amide bonds. The molecular weight excluding hydrogens is 278 g/mol. The quantitative estimate of drug-likeness (QED) is 0.831. The van der Waals surface area contributed by atoms with E-state index in [1.807, 2.05) is 6.92 Å². The third kappa shape index (κ3) is 2.23. The molecule has 94 valence electrons. The summed E-state index contributed by atoms with van der Waals surface area (Å²) in [5, 5.41) is 13.5. The van der Waals surface area contributed by atoms with Crippen molar-refractivity contribution in [2.24, 2.45) is 0 Å². The first-order valence-corrected chi connectivity index (χ1v) is 7.02. The maximum atomic E-state index is 10.0. The lowest BCUT2D eigenvalue weighted by molar-refractivity contribution is 0.451. The number of hydrogen-bond acceptors (Lipinski definition) is 2. The summed E-state index contributed by atoms with van der Waals surface area (Å²) in [5.41, 5.74) is 4.86. The van der Waals surface area contributed by atoms with Crippen LogP contribution in [0.4, 0.5) is 0 Å². The Morgan fingerprint density at radius 2 is 1.88 bits per heavy atom. The number of rotatable bonds is 1. The summed E-state index contributed by atoms with van der Waals surface area (Å²) >= 11 is 3.51. The van der Waals surface area contributed by atoms with Crippen molar-refractivity contribution in [2.45, 2.75) is 39.5 Å². The highest BCUT2D eigenvalue weighted by molar-refractivity contribution is 9.10. The molecule has 1 unspecified atom stereocenters. The lowest BCUT2D eigenvalue weighted by Crippen LogP contribution is -2.29. The summed E-state index contributed by atoms with van der Waals surface area (Å²) in [7, 11) is 0. The van der Waals surface area contributed by atoms with Crippen LogP contribution < -0.4 is 5.32 Å². The maximum Gasteiger partial charge on any atom is 0.133 e. The first-order chi connectivity index (χ1) is 8.04. The summed E-state index contributed by atoms with van der Waals surface area (Å²) in [6, 6.07) is 0. The topological polar surface area (TPSA) is 32.3 Å². The Morgan fingerprint density at radius 1 is 1.18 bits per heavy atom. The monoisotopic (exact) mass is 297 g/mol. The predicted octanol–water partition coefficient (Wildman–Crippen LogP) is 3.55. The molecule has 17 heavy (non-hydrogen) atoms. The Kier molecular flexibility index (Phi) is 3.79. The first kappa shape index (κ1) is 12.9. The van der Waals surface area contributed by atoms with E-state index in [-0.39, 0.29) is 0 Å². The van der Waals surface area contributed by atoms with Gasteiger partial charge in [0, 0.05) is 6.54 Å². The maximum absolute atomic E-state index is 10.0. The molecule has 2 rings (SSSR count). The zero-order chi connectivity index (χ0) is 12.6. The van der Waals surface area contributed by atoms with Gasteiger partial charge in [0.05, 0.1) is 4.47 Å². The second kappa shape index (κ2) is 4.99. The van der Waals surface area contributed by atoms with E-state index >= 15 is 0 Å². The third-order valence-electron chi connectivity index (χ3n) is 3.97. The number of phenols is 1. The second-order valence-electron chi connectivity index (χ2n) is 4.99. The number of phenolic OH excluding ortho intramolecular Hbond substituents is 1. The molecule has 1 aromatic carbocycles. The van der Waals surface area contributed by atoms with Crippen molar-refractivity contribution >= 4 is 15.9 Å². The van der Waals surface area contributed by atoms with Crippen LogP contribution in [-0.2, 0) is 0 Å². The molecule has 0 spiro atoms. The molecule has 1 fully saturated rings. The van der Waals surface area contributed by atoms with Crippen LogP contribution in [0.2, 0.25) is 0 Å². The molecule has 0 bridgehead atoms. The number of nitrogens with one attached hydrogen (secondary N) is 1. The highest BCUT2D eigenvalue weighted by atomic mass is 79.9. The van der Waals surface area contributed by atoms with E-state index in [0.717, 1.165) is 23.1 Å². The number of benzene rings is 1. The van der Waals surface area contributed by atoms with Gasteiger partial charge >= 0.3 is 0 Å². The van der Waals surface area contributed by atoms with Crippen LogP contribution in [0.5, 0.6) is 5.75 Å². The van der Waals surface area contributed by atoms with Gasteiger partial charge in [-0.2, -0.15) is 0 Å². The van der Waals surface area contributed by atoms with Crippen LogP contribution in [0.1, 0.15) is 41.0 Å². The molecule has 1 heterocycles. The molecule has 0 aliphatic carbocycles. The van der Waals surface area contributed by atoms with Crippen molar-refractivity contribution < 1.29 is 5.11 Å². The predicted molar refractivity (Wildman–Crippen MR) is 74.9 cm³/mol. The van der Waals surface area contributed by atoms with Crippen LogP contribution >= 0.6 is 15.9 Å². The summed E-state index contributed by atoms with van der Waals surface area (Å²) < 4.78 is 0.862. The largest absolute Gasteiger partial charge is 0.506 e. The molecule has 1 aromatic rings. The normalized spacial score (nSPS) is 20.6. The Hall–Kier alpha value is -0.540. The van der Waals surface area contributed by atoms with E-state index < -0.39 is 0 Å². The Balaban J connectivity index is 2.52. The SMILES string of the molecule is Cc1c(C)c(C2CCCNC2)c(C)c(Br)c1O. The standard InChI is InChI=1S/C14H20BrNO/c1-8-9(2)14(17)13(15)10(3)12(8)11-5-4-6-16-7-11/h11,16-17H,4-7H2,1-3H3. The van der Waals surface area contributed by atoms with Crippen LogP contribution in [0.15, 0.2) is 4.47 Å². The van der Waals surface area contributed by atoms with Crippen LogP contribution in [-0.4, -0.2) is 18.2 Å². The van der Waals surface area contributed by atoms with E-state index in [2.05, 4.69) is 35.1 Å². The van der Waals surface area contributed by atoms with Crippen molar-refractivity contribution in [1.29, 1.82) is 0 Å². The fraction of sp³-hybridized carbons (Fsp3) is 0.571. The lowest BCUT2D eigenvalue weighted by atomic mass is 9.84. The lowest BCUT2D eigenvalue weighted by Gasteiger charge is -2.28. The number of aromatic hydroxyl groups is 1. The molecule has 0 radical (unpaired) electrons. The number of halogens is 1. The number of piperidine rings is 1. The van der Waals surface area contributed by atoms with Gasteiger partial charge in [0.15, 0.2) is 0 Å². The minimum absolute atomic E-state index is 0.396. The molecule has 0 aromatic heterocycles. The minimum atomic E-state index is 0.396. The molecule has 0 saturated carbocycles. The molecule has 1 aliphatic rings. The van der Waals surface area contributed by atoms with E-state index in [9.17, 15) is 5.11 Å². The fourth-order valence-electron chi connectivity index (χ4n) is 2.83. The van der Waals surface area contributed by atoms with E-state index in [1.165, 1.54) is 29.5 Å². The average molecular weight is 298 g/mol. The van der Waals surface area contributed by atoms with Gasteiger partial charge < -0.3 is 10.4 Å². The summed E-state index contributed by atoms with van der Waals surface area (Å²) in [5.74, 6) is 0.979. The Morgan fingerprint density at radius 3 is 2.47 bits per heavy atom. The second-order valence-corrected chi connectivity index (χ2v) is 5.79. The van der Waals surface area contributed by atoms with Crippen molar-refractivity contribution in [3.05, 3.63) is 26.7 Å². The van der Waals surface area contributed by atoms with Gasteiger partial charge in [-0.15, -0.1) is 0 Å². The van der Waals surface area contributed by atoms with E-state index in [4.69, 9.17) is 0 Å². The summed E-state index contributed by atoms with van der Waals surface area (Å²) in [4.78, 5) is 0. The van der Waals surface area contributed by atoms with Gasteiger partial charge in [-0.3, -0.25) is 0 Å². The van der Waals surface area contributed by atoms with Crippen molar-refractivity contribution in [3.8, 4) is 5.75 Å². The Labute approximate surface area is 112 Å². The molecule has 2 N–H and O–H groups in total. The van der Waals surface area contributed by atoms with Crippen molar-refractivity contribution in [2.75, 3.05) is 13.1 Å². The van der Waals surface area contributed by atoms with Crippen molar-refractivity contribution in [3.63, 3.8) is 0 Å². The van der Waals surface area contributed by atoms with Crippen molar-refractivity contribution in [1.82, 2.24) is 5.32 Å². The van der Waals surface area contributed by atoms with Crippen LogP contribution in [0, 0.1) is 20.8 Å². The van der Waals surface area contributed by atoms with Gasteiger partial charge in [-0.05, 0) is 84.3 Å². The third-order valence-corrected chi connectivity index (χ3v) is 4.94. The van der Waals surface area contributed by atoms with Gasteiger partial charge in [0.25, 0.3) is 0 Å². The first-order valence-electron chi connectivity index (χ1n) is 6.22. The average Bonchev–Trinajstić information content (AvgIpc) is 2.36. The summed E-state index contributed by atoms with van der Waals surface area (Å²) in [6.07, 6.45) is 2.48. The summed E-state index contributed by atoms with van der Waals surface area (Å²) in [6.45, 7) is 8.40. The number of hydrogen-bond donors (Lipinski definition) is 2. The molecule has 1 atom stereocenters. The highest BCUT2D eigenvalue weighted by Crippen LogP contribution is 2.40. The van der Waals surface area contributed by atoms with Crippen LogP contribution in [0.25, 0.3) is 0 Å². The highest BCUT2D eigenvalue weighted by Gasteiger charge is 2.23. The molecule has 3 heteroatoms. The molecular formula is C14H20BrNO. The van der Waals surface area contributed by atoms with Gasteiger partial charge in [-0.25, -0.2) is 0 Å². The van der Waals surface area contributed by atoms with Gasteiger partial charge in [0.1, 0.15) is 5.75 Å². The molecule has 1 aliphatic heterocycles. The van der Waals surface area contributed by atoms with Gasteiger partial charge in [-0.1, -0.05) is 0 Å². The molecule has 1 saturated heterocycles. The minimum Gasteiger partial charge on any atom is -0.506 e. The zero-order valence-corrected chi connectivity index (χ0v) is 12.3. The smallest absolute Gasteiger partial charge is 0.133 e.